The standard InChI is InChI=1S/C59H53O6P3/c1-4-5-30-62-35-39-31-43(32-40(57(39)60)36-66-54-27-15-9-21-48(54)45-18-6-12-24-51(45)63-66)59(2,3)44-33-41(37-67-55-28-16-10-22-49(55)46-19-7-13-25-52(46)64-67)58(61)42(34-44)38-68-56-29-17-11-23-50(56)47-20-8-14-26-53(47)65-68/h6-29,31-34,60-61H,4-5,30,35-38H2,1-3H3. The van der Waals surface area contributed by atoms with Gasteiger partial charge in [0.1, 0.15) is 53.2 Å². The van der Waals surface area contributed by atoms with Crippen LogP contribution in [0.25, 0.3) is 33.4 Å². The topological polar surface area (TPSA) is 77.4 Å². The average molecular weight is 951 g/mol. The molecule has 8 aromatic rings. The largest absolute Gasteiger partial charge is 0.507 e. The smallest absolute Gasteiger partial charge is 0.131 e. The Morgan fingerprint density at radius 3 is 1.15 bits per heavy atom. The molecule has 0 radical (unpaired) electrons. The van der Waals surface area contributed by atoms with Gasteiger partial charge in [-0.2, -0.15) is 0 Å². The molecular weight excluding hydrogens is 898 g/mol. The number of aromatic hydroxyl groups is 2. The minimum absolute atomic E-state index is 0.253. The van der Waals surface area contributed by atoms with Crippen molar-refractivity contribution in [2.45, 2.75) is 64.1 Å². The molecule has 2 N–H and O–H groups in total. The van der Waals surface area contributed by atoms with Crippen molar-refractivity contribution >= 4 is 40.4 Å². The van der Waals surface area contributed by atoms with E-state index >= 15 is 0 Å². The van der Waals surface area contributed by atoms with Crippen LogP contribution in [0.5, 0.6) is 28.7 Å². The number of phenolic OH excluding ortho intramolecular Hbond substituents is 2. The highest BCUT2D eigenvalue weighted by Gasteiger charge is 2.35. The molecule has 3 atom stereocenters. The van der Waals surface area contributed by atoms with Crippen molar-refractivity contribution in [2.24, 2.45) is 0 Å². The molecule has 0 bridgehead atoms. The lowest BCUT2D eigenvalue weighted by Crippen LogP contribution is -2.22. The van der Waals surface area contributed by atoms with E-state index in [2.05, 4.69) is 154 Å². The third-order valence-electron chi connectivity index (χ3n) is 13.5. The van der Waals surface area contributed by atoms with Gasteiger partial charge in [0.25, 0.3) is 0 Å². The quantitative estimate of drug-likeness (QED) is 0.0886. The maximum atomic E-state index is 12.6. The lowest BCUT2D eigenvalue weighted by molar-refractivity contribution is 0.116. The first-order chi connectivity index (χ1) is 33.2. The van der Waals surface area contributed by atoms with Crippen LogP contribution in [-0.4, -0.2) is 16.8 Å². The van der Waals surface area contributed by atoms with Gasteiger partial charge in [0.2, 0.25) is 0 Å². The highest BCUT2D eigenvalue weighted by molar-refractivity contribution is 7.61. The first-order valence-electron chi connectivity index (χ1n) is 23.4. The van der Waals surface area contributed by atoms with E-state index in [1.54, 1.807) is 0 Å². The zero-order chi connectivity index (χ0) is 46.4. The van der Waals surface area contributed by atoms with Crippen molar-refractivity contribution in [3.05, 3.63) is 203 Å². The molecule has 340 valence electrons. The molecular formula is C59H53O6P3. The second kappa shape index (κ2) is 18.8. The van der Waals surface area contributed by atoms with Gasteiger partial charge in [-0.3, -0.25) is 0 Å². The molecule has 9 heteroatoms. The van der Waals surface area contributed by atoms with Crippen LogP contribution >= 0.6 is 24.4 Å². The molecule has 0 saturated carbocycles. The summed E-state index contributed by atoms with van der Waals surface area (Å²) in [5.74, 6) is 3.13. The number of phenols is 2. The highest BCUT2D eigenvalue weighted by Crippen LogP contribution is 2.56. The molecule has 68 heavy (non-hydrogen) atoms. The first-order valence-corrected chi connectivity index (χ1v) is 27.8. The maximum Gasteiger partial charge on any atom is 0.131 e. The van der Waals surface area contributed by atoms with E-state index in [9.17, 15) is 10.2 Å². The number of benzene rings is 8. The Kier molecular flexibility index (Phi) is 12.3. The fraction of sp³-hybridized carbons (Fsp3) is 0.186. The number of fused-ring (bicyclic) bond motifs is 9. The number of hydrogen-bond acceptors (Lipinski definition) is 6. The van der Waals surface area contributed by atoms with Crippen LogP contribution < -0.4 is 29.5 Å². The van der Waals surface area contributed by atoms with E-state index in [0.717, 1.165) is 96.1 Å². The van der Waals surface area contributed by atoms with Gasteiger partial charge in [0.15, 0.2) is 0 Å². The number of para-hydroxylation sites is 3. The molecule has 11 rings (SSSR count). The fourth-order valence-corrected chi connectivity index (χ4v) is 15.7. The Balaban J connectivity index is 1.02. The monoisotopic (exact) mass is 950 g/mol. The van der Waals surface area contributed by atoms with Gasteiger partial charge in [-0.05, 0) is 58.5 Å². The highest BCUT2D eigenvalue weighted by atomic mass is 31.1. The molecule has 6 nitrogen and oxygen atoms in total. The zero-order valence-corrected chi connectivity index (χ0v) is 41.2. The summed E-state index contributed by atoms with van der Waals surface area (Å²) in [7, 11) is -3.57. The van der Waals surface area contributed by atoms with Crippen LogP contribution in [0.3, 0.4) is 0 Å². The zero-order valence-electron chi connectivity index (χ0n) is 38.5. The Morgan fingerprint density at radius 1 is 0.441 bits per heavy atom. The van der Waals surface area contributed by atoms with Gasteiger partial charge >= 0.3 is 0 Å². The molecule has 0 aromatic heterocycles. The number of unbranched alkanes of at least 4 members (excludes halogenated alkanes) is 1. The fourth-order valence-electron chi connectivity index (χ4n) is 9.69. The third kappa shape index (κ3) is 8.37. The predicted molar refractivity (Wildman–Crippen MR) is 281 cm³/mol. The Bertz CT molecular complexity index is 3060. The number of rotatable bonds is 13. The summed E-state index contributed by atoms with van der Waals surface area (Å²) in [6.45, 7) is 7.56. The second-order valence-electron chi connectivity index (χ2n) is 18.2. The lowest BCUT2D eigenvalue weighted by Gasteiger charge is -2.33. The summed E-state index contributed by atoms with van der Waals surface area (Å²) < 4.78 is 26.9. The van der Waals surface area contributed by atoms with Crippen LogP contribution in [0.4, 0.5) is 0 Å². The summed E-state index contributed by atoms with van der Waals surface area (Å²) in [6, 6.07) is 58.9. The molecule has 3 heterocycles. The van der Waals surface area contributed by atoms with Crippen molar-refractivity contribution in [2.75, 3.05) is 6.61 Å². The SMILES string of the molecule is CCCCOCc1cc(C(C)(C)c2cc(CP3Oc4ccccc4-c4ccccc43)c(O)c(CP3Oc4ccccc4-c4ccccc43)c2)cc(CP2Oc3ccccc3-c3ccccc32)c1O. The van der Waals surface area contributed by atoms with E-state index < -0.39 is 29.9 Å². The van der Waals surface area contributed by atoms with Crippen molar-refractivity contribution in [1.82, 2.24) is 0 Å². The van der Waals surface area contributed by atoms with E-state index in [0.29, 0.717) is 25.1 Å². The normalized spacial score (nSPS) is 16.4. The van der Waals surface area contributed by atoms with Crippen LogP contribution in [0.15, 0.2) is 170 Å². The van der Waals surface area contributed by atoms with Crippen molar-refractivity contribution in [1.29, 1.82) is 0 Å². The van der Waals surface area contributed by atoms with Crippen LogP contribution in [0, 0.1) is 0 Å². The van der Waals surface area contributed by atoms with E-state index in [1.165, 1.54) is 16.7 Å². The van der Waals surface area contributed by atoms with Gasteiger partial charge in [0, 0.05) is 85.4 Å². The summed E-state index contributed by atoms with van der Waals surface area (Å²) in [5, 5.41) is 28.3. The second-order valence-corrected chi connectivity index (χ2v) is 23.5. The van der Waals surface area contributed by atoms with Crippen molar-refractivity contribution in [3.63, 3.8) is 0 Å². The molecule has 0 spiro atoms. The molecule has 0 aliphatic carbocycles. The molecule has 3 unspecified atom stereocenters. The minimum atomic E-state index is -1.20. The van der Waals surface area contributed by atoms with Crippen LogP contribution in [0.1, 0.15) is 67.0 Å². The van der Waals surface area contributed by atoms with E-state index in [1.807, 2.05) is 36.4 Å². The lowest BCUT2D eigenvalue weighted by atomic mass is 9.76. The van der Waals surface area contributed by atoms with Gasteiger partial charge in [0.05, 0.1) is 6.61 Å². The Morgan fingerprint density at radius 2 is 0.765 bits per heavy atom. The average Bonchev–Trinajstić information content (AvgIpc) is 3.37. The summed E-state index contributed by atoms with van der Waals surface area (Å²) in [6.07, 6.45) is 3.52. The van der Waals surface area contributed by atoms with Crippen LogP contribution in [0.2, 0.25) is 0 Å². The molecule has 0 fully saturated rings. The molecule has 3 aliphatic rings. The summed E-state index contributed by atoms with van der Waals surface area (Å²) >= 11 is 0. The van der Waals surface area contributed by atoms with E-state index in [4.69, 9.17) is 18.3 Å². The van der Waals surface area contributed by atoms with Crippen molar-refractivity contribution < 1.29 is 28.5 Å². The van der Waals surface area contributed by atoms with E-state index in [-0.39, 0.29) is 18.1 Å². The maximum absolute atomic E-state index is 12.6. The molecule has 0 saturated heterocycles. The van der Waals surface area contributed by atoms with Gasteiger partial charge in [-0.15, -0.1) is 0 Å². The minimum Gasteiger partial charge on any atom is -0.507 e. The van der Waals surface area contributed by atoms with Gasteiger partial charge in [-0.25, -0.2) is 0 Å². The number of hydrogen-bond donors (Lipinski definition) is 2. The van der Waals surface area contributed by atoms with Gasteiger partial charge in [-0.1, -0.05) is 173 Å². The Labute approximate surface area is 403 Å². The van der Waals surface area contributed by atoms with Gasteiger partial charge < -0.3 is 28.5 Å². The molecule has 0 amide bonds. The summed E-state index contributed by atoms with van der Waals surface area (Å²) in [5.41, 5.74) is 11.5. The predicted octanol–water partition coefficient (Wildman–Crippen LogP) is 14.6. The third-order valence-corrected chi connectivity index (χ3v) is 19.4. The van der Waals surface area contributed by atoms with Crippen LogP contribution in [-0.2, 0) is 35.2 Å². The summed E-state index contributed by atoms with van der Waals surface area (Å²) in [4.78, 5) is 0. The Hall–Kier alpha value is -5.99. The van der Waals surface area contributed by atoms with Crippen molar-refractivity contribution in [3.8, 4) is 62.1 Å². The molecule has 8 aromatic carbocycles. The molecule has 3 aliphatic heterocycles. The first kappa shape index (κ1) is 44.5. The number of ether oxygens (including phenoxy) is 1.